The van der Waals surface area contributed by atoms with Crippen molar-refractivity contribution in [3.05, 3.63) is 70.3 Å². The Morgan fingerprint density at radius 2 is 1.74 bits per heavy atom. The molecule has 2 aromatic carbocycles. The van der Waals surface area contributed by atoms with Crippen LogP contribution in [0.1, 0.15) is 12.5 Å². The van der Waals surface area contributed by atoms with Gasteiger partial charge in [0.05, 0.1) is 21.9 Å². The van der Waals surface area contributed by atoms with Crippen molar-refractivity contribution in [3.63, 3.8) is 0 Å². The summed E-state index contributed by atoms with van der Waals surface area (Å²) in [4.78, 5) is 8.89. The topological polar surface area (TPSA) is 30.2 Å². The summed E-state index contributed by atoms with van der Waals surface area (Å²) >= 11 is 12.3. The number of hydrogen-bond donors (Lipinski definition) is 0. The minimum absolute atomic E-state index is 0.569. The molecule has 0 fully saturated rings. The third-order valence-electron chi connectivity index (χ3n) is 3.53. The molecule has 3 aromatic rings. The van der Waals surface area contributed by atoms with Crippen molar-refractivity contribution in [3.8, 4) is 11.3 Å². The molecule has 0 amide bonds. The number of rotatable bonds is 4. The van der Waals surface area contributed by atoms with Gasteiger partial charge in [-0.15, -0.1) is 0 Å². The van der Waals surface area contributed by atoms with E-state index in [-0.39, 0.29) is 0 Å². The molecule has 1 aromatic heterocycles. The smallest absolute Gasteiger partial charge is 0.229 e. The highest BCUT2D eigenvalue weighted by molar-refractivity contribution is 6.38. The van der Waals surface area contributed by atoms with Crippen LogP contribution in [0.15, 0.2) is 59.7 Å². The van der Waals surface area contributed by atoms with Crippen LogP contribution in [0.4, 0.5) is 5.95 Å². The van der Waals surface area contributed by atoms with Crippen LogP contribution in [-0.2, 0) is 6.54 Å². The lowest BCUT2D eigenvalue weighted by Gasteiger charge is -2.07. The number of benzene rings is 2. The summed E-state index contributed by atoms with van der Waals surface area (Å²) in [6, 6.07) is 15.5. The van der Waals surface area contributed by atoms with E-state index in [1.54, 1.807) is 18.3 Å². The van der Waals surface area contributed by atoms with Crippen LogP contribution in [0.2, 0.25) is 10.0 Å². The normalized spacial score (nSPS) is 11.3. The Bertz CT molecular complexity index is 818. The number of halogens is 2. The fourth-order valence-corrected chi connectivity index (χ4v) is 2.87. The minimum atomic E-state index is 0.569. The van der Waals surface area contributed by atoms with Gasteiger partial charge in [-0.25, -0.2) is 9.98 Å². The van der Waals surface area contributed by atoms with Gasteiger partial charge in [0.25, 0.3) is 0 Å². The maximum absolute atomic E-state index is 6.17. The molecule has 23 heavy (non-hydrogen) atoms. The van der Waals surface area contributed by atoms with Gasteiger partial charge in [-0.05, 0) is 24.6 Å². The Labute approximate surface area is 145 Å². The first kappa shape index (κ1) is 15.8. The van der Waals surface area contributed by atoms with E-state index in [0.717, 1.165) is 17.8 Å². The van der Waals surface area contributed by atoms with E-state index in [2.05, 4.69) is 33.6 Å². The van der Waals surface area contributed by atoms with Crippen molar-refractivity contribution < 1.29 is 0 Å². The molecule has 3 nitrogen and oxygen atoms in total. The Hall–Kier alpha value is -2.10. The average molecular weight is 344 g/mol. The van der Waals surface area contributed by atoms with E-state index in [0.29, 0.717) is 21.6 Å². The van der Waals surface area contributed by atoms with Crippen molar-refractivity contribution in [2.45, 2.75) is 13.5 Å². The monoisotopic (exact) mass is 343 g/mol. The van der Waals surface area contributed by atoms with Crippen LogP contribution in [0, 0.1) is 0 Å². The molecule has 0 aliphatic heterocycles. The van der Waals surface area contributed by atoms with Gasteiger partial charge in [0, 0.05) is 18.3 Å². The van der Waals surface area contributed by atoms with Gasteiger partial charge < -0.3 is 4.57 Å². The molecule has 0 unspecified atom stereocenters. The lowest BCUT2D eigenvalue weighted by Crippen LogP contribution is -1.97. The Morgan fingerprint density at radius 1 is 1.04 bits per heavy atom. The van der Waals surface area contributed by atoms with Crippen molar-refractivity contribution in [2.24, 2.45) is 4.99 Å². The van der Waals surface area contributed by atoms with Crippen LogP contribution in [0.25, 0.3) is 11.3 Å². The standard InChI is InChI=1S/C18H15Cl2N3/c1-2-23-17(13-7-4-3-5-8-13)12-22-18(23)21-11-14-15(19)9-6-10-16(14)20/h3-12H,2H2,1H3. The zero-order valence-electron chi connectivity index (χ0n) is 12.6. The SMILES string of the molecule is CCn1c(-c2ccccc2)cnc1N=Cc1c(Cl)cccc1Cl. The van der Waals surface area contributed by atoms with E-state index in [1.807, 2.05) is 30.5 Å². The zero-order valence-corrected chi connectivity index (χ0v) is 14.1. The van der Waals surface area contributed by atoms with Gasteiger partial charge in [0.1, 0.15) is 0 Å². The molecule has 0 bridgehead atoms. The molecule has 3 rings (SSSR count). The summed E-state index contributed by atoms with van der Waals surface area (Å²) in [6.45, 7) is 2.84. The number of imidazole rings is 1. The molecule has 1 heterocycles. The minimum Gasteiger partial charge on any atom is -0.309 e. The predicted octanol–water partition coefficient (Wildman–Crippen LogP) is 5.63. The summed E-state index contributed by atoms with van der Waals surface area (Å²) in [5, 5.41) is 1.14. The van der Waals surface area contributed by atoms with Crippen LogP contribution < -0.4 is 0 Å². The number of aromatic nitrogens is 2. The van der Waals surface area contributed by atoms with E-state index >= 15 is 0 Å². The van der Waals surface area contributed by atoms with Gasteiger partial charge in [0.15, 0.2) is 0 Å². The molecular formula is C18H15Cl2N3. The third-order valence-corrected chi connectivity index (χ3v) is 4.19. The van der Waals surface area contributed by atoms with Crippen LogP contribution >= 0.6 is 23.2 Å². The van der Waals surface area contributed by atoms with Crippen molar-refractivity contribution in [1.29, 1.82) is 0 Å². The molecule has 0 radical (unpaired) electrons. The van der Waals surface area contributed by atoms with Crippen LogP contribution in [0.3, 0.4) is 0 Å². The predicted molar refractivity (Wildman–Crippen MR) is 97.1 cm³/mol. The van der Waals surface area contributed by atoms with Gasteiger partial charge in [-0.1, -0.05) is 59.6 Å². The van der Waals surface area contributed by atoms with Crippen LogP contribution in [-0.4, -0.2) is 15.8 Å². The third kappa shape index (κ3) is 3.31. The summed E-state index contributed by atoms with van der Waals surface area (Å²) in [6.07, 6.45) is 3.49. The Balaban J connectivity index is 1.99. The van der Waals surface area contributed by atoms with Crippen molar-refractivity contribution in [2.75, 3.05) is 0 Å². The first-order valence-electron chi connectivity index (χ1n) is 7.29. The van der Waals surface area contributed by atoms with E-state index in [1.165, 1.54) is 0 Å². The largest absolute Gasteiger partial charge is 0.309 e. The zero-order chi connectivity index (χ0) is 16.2. The fraction of sp³-hybridized carbons (Fsp3) is 0.111. The summed E-state index contributed by atoms with van der Waals surface area (Å²) < 4.78 is 2.05. The maximum atomic E-state index is 6.17. The van der Waals surface area contributed by atoms with E-state index in [4.69, 9.17) is 23.2 Å². The van der Waals surface area contributed by atoms with Crippen molar-refractivity contribution in [1.82, 2.24) is 9.55 Å². The quantitative estimate of drug-likeness (QED) is 0.564. The lowest BCUT2D eigenvalue weighted by molar-refractivity contribution is 0.772. The van der Waals surface area contributed by atoms with Gasteiger partial charge in [-0.2, -0.15) is 0 Å². The highest BCUT2D eigenvalue weighted by Crippen LogP contribution is 2.26. The maximum Gasteiger partial charge on any atom is 0.229 e. The summed E-state index contributed by atoms with van der Waals surface area (Å²) in [5.41, 5.74) is 2.84. The molecule has 0 aliphatic carbocycles. The number of nitrogens with zero attached hydrogens (tertiary/aromatic N) is 3. The molecule has 0 saturated heterocycles. The number of aliphatic imine (C=N–C) groups is 1. The average Bonchev–Trinajstić information content (AvgIpc) is 2.98. The second-order valence-electron chi connectivity index (χ2n) is 4.95. The molecule has 0 saturated carbocycles. The highest BCUT2D eigenvalue weighted by atomic mass is 35.5. The van der Waals surface area contributed by atoms with Gasteiger partial charge in [0.2, 0.25) is 5.95 Å². The van der Waals surface area contributed by atoms with E-state index < -0.39 is 0 Å². The molecule has 0 aliphatic rings. The molecule has 116 valence electrons. The van der Waals surface area contributed by atoms with Crippen molar-refractivity contribution >= 4 is 35.4 Å². The lowest BCUT2D eigenvalue weighted by atomic mass is 10.2. The fourth-order valence-electron chi connectivity index (χ4n) is 2.38. The molecular weight excluding hydrogens is 329 g/mol. The van der Waals surface area contributed by atoms with Gasteiger partial charge >= 0.3 is 0 Å². The summed E-state index contributed by atoms with van der Waals surface area (Å²) in [5.74, 6) is 0.627. The van der Waals surface area contributed by atoms with Gasteiger partial charge in [-0.3, -0.25) is 0 Å². The second kappa shape index (κ2) is 6.99. The Kier molecular flexibility index (Phi) is 4.79. The Morgan fingerprint density at radius 3 is 2.39 bits per heavy atom. The van der Waals surface area contributed by atoms with E-state index in [9.17, 15) is 0 Å². The first-order chi connectivity index (χ1) is 11.2. The molecule has 0 N–H and O–H groups in total. The second-order valence-corrected chi connectivity index (χ2v) is 5.76. The summed E-state index contributed by atoms with van der Waals surface area (Å²) in [7, 11) is 0. The molecule has 0 spiro atoms. The first-order valence-corrected chi connectivity index (χ1v) is 8.05. The van der Waals surface area contributed by atoms with Crippen LogP contribution in [0.5, 0.6) is 0 Å². The number of hydrogen-bond acceptors (Lipinski definition) is 2. The molecule has 5 heteroatoms. The highest BCUT2D eigenvalue weighted by Gasteiger charge is 2.09. The molecule has 0 atom stereocenters.